The van der Waals surface area contributed by atoms with E-state index in [1.165, 1.54) is 19.2 Å². The van der Waals surface area contributed by atoms with Crippen molar-refractivity contribution in [2.75, 3.05) is 19.0 Å². The molecule has 0 fully saturated rings. The zero-order chi connectivity index (χ0) is 14.6. The van der Waals surface area contributed by atoms with Crippen molar-refractivity contribution in [3.8, 4) is 0 Å². The van der Waals surface area contributed by atoms with Crippen molar-refractivity contribution < 1.29 is 22.7 Å². The lowest BCUT2D eigenvalue weighted by molar-refractivity contribution is -0.144. The van der Waals surface area contributed by atoms with Gasteiger partial charge in [0.05, 0.1) is 18.6 Å². The second kappa shape index (κ2) is 6.14. The second-order valence-corrected chi connectivity index (χ2v) is 4.43. The number of benzene rings is 1. The maximum atomic E-state index is 12.8. The fourth-order valence-corrected chi connectivity index (χ4v) is 1.62. The molecule has 7 heteroatoms. The number of methoxy groups -OCH3 is 1. The first-order valence-corrected chi connectivity index (χ1v) is 5.82. The summed E-state index contributed by atoms with van der Waals surface area (Å²) >= 11 is 5.56. The molecule has 0 spiro atoms. The van der Waals surface area contributed by atoms with Gasteiger partial charge in [0, 0.05) is 17.3 Å². The van der Waals surface area contributed by atoms with E-state index in [1.807, 2.05) is 0 Å². The average Bonchev–Trinajstić information content (AvgIpc) is 2.34. The molecule has 1 atom stereocenters. The van der Waals surface area contributed by atoms with E-state index in [0.717, 1.165) is 6.07 Å². The topological polar surface area (TPSA) is 38.3 Å². The Morgan fingerprint density at radius 2 is 2.11 bits per heavy atom. The second-order valence-electron chi connectivity index (χ2n) is 3.99. The Balaban J connectivity index is 2.87. The van der Waals surface area contributed by atoms with Crippen LogP contribution in [0.5, 0.6) is 0 Å². The van der Waals surface area contributed by atoms with E-state index in [2.05, 4.69) is 10.1 Å². The van der Waals surface area contributed by atoms with Gasteiger partial charge in [-0.15, -0.1) is 0 Å². The number of hydrogen-bond acceptors (Lipinski definition) is 3. The van der Waals surface area contributed by atoms with E-state index in [0.29, 0.717) is 0 Å². The van der Waals surface area contributed by atoms with Crippen LogP contribution in [0.4, 0.5) is 18.9 Å². The van der Waals surface area contributed by atoms with Crippen molar-refractivity contribution in [2.24, 2.45) is 5.92 Å². The maximum Gasteiger partial charge on any atom is 0.418 e. The molecule has 0 aliphatic rings. The van der Waals surface area contributed by atoms with Gasteiger partial charge in [0.15, 0.2) is 0 Å². The summed E-state index contributed by atoms with van der Waals surface area (Å²) in [5.41, 5.74) is -0.982. The van der Waals surface area contributed by atoms with E-state index >= 15 is 0 Å². The molecule has 3 nitrogen and oxygen atoms in total. The van der Waals surface area contributed by atoms with Crippen molar-refractivity contribution in [3.05, 3.63) is 28.8 Å². The predicted octanol–water partition coefficient (Wildman–Crippen LogP) is 3.58. The minimum absolute atomic E-state index is 0.00103. The molecule has 1 rings (SSSR count). The molecule has 1 aromatic rings. The lowest BCUT2D eigenvalue weighted by Crippen LogP contribution is -2.22. The molecule has 0 amide bonds. The molecule has 0 aromatic heterocycles. The van der Waals surface area contributed by atoms with Crippen molar-refractivity contribution in [2.45, 2.75) is 13.1 Å². The first kappa shape index (κ1) is 15.6. The number of anilines is 1. The number of carbonyl (C=O) groups is 1. The van der Waals surface area contributed by atoms with Gasteiger partial charge in [0.2, 0.25) is 0 Å². The summed E-state index contributed by atoms with van der Waals surface area (Å²) in [6, 6.07) is 3.42. The molecule has 1 unspecified atom stereocenters. The van der Waals surface area contributed by atoms with Crippen LogP contribution in [0.2, 0.25) is 5.02 Å². The Morgan fingerprint density at radius 3 is 2.63 bits per heavy atom. The third-order valence-electron chi connectivity index (χ3n) is 2.49. The molecule has 1 aromatic carbocycles. The van der Waals surface area contributed by atoms with Crippen molar-refractivity contribution in [1.82, 2.24) is 0 Å². The molecular formula is C12H13ClF3NO2. The highest BCUT2D eigenvalue weighted by Crippen LogP contribution is 2.36. The standard InChI is InChI=1S/C12H13ClF3NO2/c1-7(11(18)19-2)6-17-10-4-3-8(13)5-9(10)12(14,15)16/h3-5,7,17H,6H2,1-2H3. The van der Waals surface area contributed by atoms with E-state index in [1.54, 1.807) is 6.92 Å². The lowest BCUT2D eigenvalue weighted by Gasteiger charge is -2.16. The molecular weight excluding hydrogens is 283 g/mol. The smallest absolute Gasteiger partial charge is 0.418 e. The molecule has 0 saturated carbocycles. The van der Waals surface area contributed by atoms with Gasteiger partial charge < -0.3 is 10.1 Å². The van der Waals surface area contributed by atoms with Crippen LogP contribution < -0.4 is 5.32 Å². The summed E-state index contributed by atoms with van der Waals surface area (Å²) in [5.74, 6) is -1.04. The predicted molar refractivity (Wildman–Crippen MR) is 66.1 cm³/mol. The minimum Gasteiger partial charge on any atom is -0.469 e. The molecule has 0 aliphatic carbocycles. The highest BCUT2D eigenvalue weighted by atomic mass is 35.5. The van der Waals surface area contributed by atoms with Gasteiger partial charge in [-0.1, -0.05) is 18.5 Å². The zero-order valence-electron chi connectivity index (χ0n) is 10.3. The van der Waals surface area contributed by atoms with Crippen LogP contribution >= 0.6 is 11.6 Å². The summed E-state index contributed by atoms with van der Waals surface area (Å²) in [6.45, 7) is 1.60. The molecule has 0 radical (unpaired) electrons. The highest BCUT2D eigenvalue weighted by molar-refractivity contribution is 6.30. The van der Waals surface area contributed by atoms with Crippen LogP contribution in [0.1, 0.15) is 12.5 Å². The van der Waals surface area contributed by atoms with Gasteiger partial charge >= 0.3 is 12.1 Å². The van der Waals surface area contributed by atoms with Crippen LogP contribution in [0, 0.1) is 5.92 Å². The molecule has 0 heterocycles. The van der Waals surface area contributed by atoms with Crippen LogP contribution in [0.15, 0.2) is 18.2 Å². The number of ether oxygens (including phenoxy) is 1. The third kappa shape index (κ3) is 4.31. The molecule has 0 aliphatic heterocycles. The quantitative estimate of drug-likeness (QED) is 0.863. The minimum atomic E-state index is -4.51. The maximum absolute atomic E-state index is 12.8. The molecule has 1 N–H and O–H groups in total. The van der Waals surface area contributed by atoms with Crippen LogP contribution in [-0.4, -0.2) is 19.6 Å². The van der Waals surface area contributed by atoms with Crippen LogP contribution in [0.25, 0.3) is 0 Å². The van der Waals surface area contributed by atoms with Gasteiger partial charge in [-0.2, -0.15) is 13.2 Å². The molecule has 106 valence electrons. The van der Waals surface area contributed by atoms with E-state index < -0.39 is 23.6 Å². The van der Waals surface area contributed by atoms with Gasteiger partial charge in [-0.3, -0.25) is 4.79 Å². The SMILES string of the molecule is COC(=O)C(C)CNc1ccc(Cl)cc1C(F)(F)F. The Morgan fingerprint density at radius 1 is 1.47 bits per heavy atom. The summed E-state index contributed by atoms with van der Waals surface area (Å²) in [4.78, 5) is 11.2. The summed E-state index contributed by atoms with van der Waals surface area (Å²) in [5, 5.41) is 2.58. The van der Waals surface area contributed by atoms with Crippen molar-refractivity contribution >= 4 is 23.3 Å². The van der Waals surface area contributed by atoms with Gasteiger partial charge in [0.25, 0.3) is 0 Å². The van der Waals surface area contributed by atoms with Crippen molar-refractivity contribution in [3.63, 3.8) is 0 Å². The first-order chi connectivity index (χ1) is 8.75. The lowest BCUT2D eigenvalue weighted by atomic mass is 10.1. The molecule has 0 bridgehead atoms. The molecule has 19 heavy (non-hydrogen) atoms. The zero-order valence-corrected chi connectivity index (χ0v) is 11.1. The summed E-state index contributed by atoms with van der Waals surface area (Å²) in [7, 11) is 1.22. The van der Waals surface area contributed by atoms with Gasteiger partial charge in [0.1, 0.15) is 0 Å². The number of nitrogens with one attached hydrogen (secondary N) is 1. The Hall–Kier alpha value is -1.43. The fourth-order valence-electron chi connectivity index (χ4n) is 1.45. The van der Waals surface area contributed by atoms with Crippen LogP contribution in [0.3, 0.4) is 0 Å². The number of hydrogen-bond donors (Lipinski definition) is 1. The Labute approximate surface area is 113 Å². The summed E-state index contributed by atoms with van der Waals surface area (Å²) in [6.07, 6.45) is -4.51. The van der Waals surface area contributed by atoms with Crippen LogP contribution in [-0.2, 0) is 15.7 Å². The number of halogens is 4. The molecule has 0 saturated heterocycles. The monoisotopic (exact) mass is 295 g/mol. The highest BCUT2D eigenvalue weighted by Gasteiger charge is 2.33. The third-order valence-corrected chi connectivity index (χ3v) is 2.72. The number of alkyl halides is 3. The number of carbonyl (C=O) groups excluding carboxylic acids is 1. The van der Waals surface area contributed by atoms with Gasteiger partial charge in [-0.05, 0) is 18.2 Å². The number of esters is 1. The average molecular weight is 296 g/mol. The van der Waals surface area contributed by atoms with E-state index in [9.17, 15) is 18.0 Å². The Kier molecular flexibility index (Phi) is 5.05. The number of rotatable bonds is 4. The summed E-state index contributed by atoms with van der Waals surface area (Å²) < 4.78 is 42.9. The largest absolute Gasteiger partial charge is 0.469 e. The first-order valence-electron chi connectivity index (χ1n) is 5.44. The van der Waals surface area contributed by atoms with E-state index in [4.69, 9.17) is 11.6 Å². The normalized spacial score (nSPS) is 12.9. The fraction of sp³-hybridized carbons (Fsp3) is 0.417. The van der Waals surface area contributed by atoms with Gasteiger partial charge in [-0.25, -0.2) is 0 Å². The Bertz CT molecular complexity index is 463. The van der Waals surface area contributed by atoms with Crippen molar-refractivity contribution in [1.29, 1.82) is 0 Å². The van der Waals surface area contributed by atoms with E-state index in [-0.39, 0.29) is 17.3 Å².